The minimum atomic E-state index is -0.122. The van der Waals surface area contributed by atoms with Crippen LogP contribution in [0.25, 0.3) is 0 Å². The molecule has 5 heteroatoms. The summed E-state index contributed by atoms with van der Waals surface area (Å²) < 4.78 is 5.77. The molecular formula is C13H17BrClNO2. The quantitative estimate of drug-likeness (QED) is 0.812. The SMILES string of the molecule is COCCC(CCl)NC(=O)c1ccc(C)cc1Br. The van der Waals surface area contributed by atoms with E-state index >= 15 is 0 Å². The first kappa shape index (κ1) is 15.5. The summed E-state index contributed by atoms with van der Waals surface area (Å²) in [5.74, 6) is 0.252. The average molecular weight is 335 g/mol. The number of halogens is 2. The molecule has 1 unspecified atom stereocenters. The first-order valence-corrected chi connectivity index (χ1v) is 7.03. The fourth-order valence-corrected chi connectivity index (χ4v) is 2.42. The van der Waals surface area contributed by atoms with Gasteiger partial charge < -0.3 is 10.1 Å². The van der Waals surface area contributed by atoms with Gasteiger partial charge in [-0.3, -0.25) is 4.79 Å². The van der Waals surface area contributed by atoms with Crippen LogP contribution in [0.1, 0.15) is 22.3 Å². The molecule has 1 rings (SSSR count). The van der Waals surface area contributed by atoms with Crippen LogP contribution in [0.4, 0.5) is 0 Å². The van der Waals surface area contributed by atoms with Gasteiger partial charge in [0, 0.05) is 30.1 Å². The highest BCUT2D eigenvalue weighted by Crippen LogP contribution is 2.18. The molecule has 1 aromatic carbocycles. The van der Waals surface area contributed by atoms with E-state index in [0.29, 0.717) is 24.5 Å². The Balaban J connectivity index is 2.68. The zero-order chi connectivity index (χ0) is 13.5. The largest absolute Gasteiger partial charge is 0.385 e. The van der Waals surface area contributed by atoms with Crippen molar-refractivity contribution in [2.75, 3.05) is 19.6 Å². The standard InChI is InChI=1S/C13H17BrClNO2/c1-9-3-4-11(12(14)7-9)13(17)16-10(8-15)5-6-18-2/h3-4,7,10H,5-6,8H2,1-2H3,(H,16,17). The van der Waals surface area contributed by atoms with Gasteiger partial charge in [0.05, 0.1) is 5.56 Å². The van der Waals surface area contributed by atoms with E-state index in [1.54, 1.807) is 13.2 Å². The van der Waals surface area contributed by atoms with Crippen LogP contribution < -0.4 is 5.32 Å². The van der Waals surface area contributed by atoms with E-state index < -0.39 is 0 Å². The van der Waals surface area contributed by atoms with Crippen LogP contribution in [-0.2, 0) is 4.74 Å². The highest BCUT2D eigenvalue weighted by Gasteiger charge is 2.14. The maximum Gasteiger partial charge on any atom is 0.252 e. The van der Waals surface area contributed by atoms with E-state index in [-0.39, 0.29) is 11.9 Å². The highest BCUT2D eigenvalue weighted by molar-refractivity contribution is 9.10. The minimum Gasteiger partial charge on any atom is -0.385 e. The van der Waals surface area contributed by atoms with Crippen LogP contribution in [0, 0.1) is 6.92 Å². The maximum atomic E-state index is 12.1. The first-order chi connectivity index (χ1) is 8.58. The molecule has 0 radical (unpaired) electrons. The molecule has 0 heterocycles. The molecule has 100 valence electrons. The number of carbonyl (C=O) groups is 1. The second kappa shape index (κ2) is 7.77. The van der Waals surface area contributed by atoms with Crippen molar-refractivity contribution in [2.24, 2.45) is 0 Å². The topological polar surface area (TPSA) is 38.3 Å². The Hall–Kier alpha value is -0.580. The van der Waals surface area contributed by atoms with Crippen LogP contribution in [0.2, 0.25) is 0 Å². The fraction of sp³-hybridized carbons (Fsp3) is 0.462. The van der Waals surface area contributed by atoms with Crippen molar-refractivity contribution in [1.29, 1.82) is 0 Å². The third-order valence-electron chi connectivity index (χ3n) is 2.56. The average Bonchev–Trinajstić information content (AvgIpc) is 2.34. The molecule has 0 saturated carbocycles. The van der Waals surface area contributed by atoms with Crippen molar-refractivity contribution in [3.05, 3.63) is 33.8 Å². The second-order valence-electron chi connectivity index (χ2n) is 4.09. The van der Waals surface area contributed by atoms with Gasteiger partial charge in [-0.1, -0.05) is 6.07 Å². The van der Waals surface area contributed by atoms with Crippen molar-refractivity contribution in [3.8, 4) is 0 Å². The number of hydrogen-bond donors (Lipinski definition) is 1. The number of ether oxygens (including phenoxy) is 1. The predicted octanol–water partition coefficient (Wildman–Crippen LogP) is 3.13. The number of methoxy groups -OCH3 is 1. The first-order valence-electron chi connectivity index (χ1n) is 5.70. The van der Waals surface area contributed by atoms with Gasteiger partial charge in [0.1, 0.15) is 0 Å². The van der Waals surface area contributed by atoms with E-state index in [9.17, 15) is 4.79 Å². The molecular weight excluding hydrogens is 318 g/mol. The van der Waals surface area contributed by atoms with Crippen LogP contribution in [0.15, 0.2) is 22.7 Å². The van der Waals surface area contributed by atoms with Crippen molar-refractivity contribution < 1.29 is 9.53 Å². The van der Waals surface area contributed by atoms with Crippen molar-refractivity contribution >= 4 is 33.4 Å². The molecule has 3 nitrogen and oxygen atoms in total. The lowest BCUT2D eigenvalue weighted by atomic mass is 10.1. The molecule has 18 heavy (non-hydrogen) atoms. The van der Waals surface area contributed by atoms with Crippen LogP contribution in [0.3, 0.4) is 0 Å². The molecule has 1 atom stereocenters. The Morgan fingerprint density at radius 2 is 2.28 bits per heavy atom. The highest BCUT2D eigenvalue weighted by atomic mass is 79.9. The summed E-state index contributed by atoms with van der Waals surface area (Å²) in [6.45, 7) is 2.55. The van der Waals surface area contributed by atoms with Gasteiger partial charge in [0.2, 0.25) is 0 Å². The van der Waals surface area contributed by atoms with Gasteiger partial charge in [-0.2, -0.15) is 0 Å². The molecule has 1 amide bonds. The normalized spacial score (nSPS) is 12.2. The van der Waals surface area contributed by atoms with Gasteiger partial charge in [-0.15, -0.1) is 11.6 Å². The number of carbonyl (C=O) groups excluding carboxylic acids is 1. The Labute approximate surface area is 121 Å². The summed E-state index contributed by atoms with van der Waals surface area (Å²) in [6, 6.07) is 5.55. The summed E-state index contributed by atoms with van der Waals surface area (Å²) in [4.78, 5) is 12.1. The van der Waals surface area contributed by atoms with Gasteiger partial charge in [-0.05, 0) is 47.0 Å². The molecule has 0 aliphatic carbocycles. The lowest BCUT2D eigenvalue weighted by Gasteiger charge is -2.16. The lowest BCUT2D eigenvalue weighted by Crippen LogP contribution is -2.37. The fourth-order valence-electron chi connectivity index (χ4n) is 1.52. The summed E-state index contributed by atoms with van der Waals surface area (Å²) in [7, 11) is 1.63. The summed E-state index contributed by atoms with van der Waals surface area (Å²) in [5, 5.41) is 2.90. The Kier molecular flexibility index (Phi) is 6.68. The zero-order valence-corrected chi connectivity index (χ0v) is 12.8. The Morgan fingerprint density at radius 3 is 2.83 bits per heavy atom. The molecule has 0 fully saturated rings. The Bertz CT molecular complexity index is 412. The molecule has 1 aromatic rings. The van der Waals surface area contributed by atoms with Crippen molar-refractivity contribution in [3.63, 3.8) is 0 Å². The van der Waals surface area contributed by atoms with E-state index in [2.05, 4.69) is 21.2 Å². The Morgan fingerprint density at radius 1 is 1.56 bits per heavy atom. The monoisotopic (exact) mass is 333 g/mol. The number of nitrogens with one attached hydrogen (secondary N) is 1. The number of benzene rings is 1. The molecule has 0 aliphatic heterocycles. The molecule has 0 spiro atoms. The molecule has 0 saturated heterocycles. The van der Waals surface area contributed by atoms with Gasteiger partial charge in [0.25, 0.3) is 5.91 Å². The summed E-state index contributed by atoms with van der Waals surface area (Å²) >= 11 is 9.21. The number of hydrogen-bond acceptors (Lipinski definition) is 2. The van der Waals surface area contributed by atoms with E-state index in [4.69, 9.17) is 16.3 Å². The van der Waals surface area contributed by atoms with Crippen LogP contribution in [-0.4, -0.2) is 31.5 Å². The number of amides is 1. The van der Waals surface area contributed by atoms with Crippen LogP contribution >= 0.6 is 27.5 Å². The number of aryl methyl sites for hydroxylation is 1. The summed E-state index contributed by atoms with van der Waals surface area (Å²) in [5.41, 5.74) is 1.72. The van der Waals surface area contributed by atoms with E-state index in [0.717, 1.165) is 10.0 Å². The third-order valence-corrected chi connectivity index (χ3v) is 3.59. The number of alkyl halides is 1. The molecule has 1 N–H and O–H groups in total. The molecule has 0 aliphatic rings. The van der Waals surface area contributed by atoms with E-state index in [1.165, 1.54) is 0 Å². The third kappa shape index (κ3) is 4.59. The van der Waals surface area contributed by atoms with E-state index in [1.807, 2.05) is 19.1 Å². The van der Waals surface area contributed by atoms with Gasteiger partial charge in [-0.25, -0.2) is 0 Å². The maximum absolute atomic E-state index is 12.1. The van der Waals surface area contributed by atoms with Gasteiger partial charge >= 0.3 is 0 Å². The lowest BCUT2D eigenvalue weighted by molar-refractivity contribution is 0.0929. The van der Waals surface area contributed by atoms with Gasteiger partial charge in [0.15, 0.2) is 0 Å². The molecule has 0 aromatic heterocycles. The number of rotatable bonds is 6. The van der Waals surface area contributed by atoms with Crippen LogP contribution in [0.5, 0.6) is 0 Å². The molecule has 0 bridgehead atoms. The smallest absolute Gasteiger partial charge is 0.252 e. The summed E-state index contributed by atoms with van der Waals surface area (Å²) in [6.07, 6.45) is 0.704. The van der Waals surface area contributed by atoms with Crippen molar-refractivity contribution in [1.82, 2.24) is 5.32 Å². The van der Waals surface area contributed by atoms with Crippen molar-refractivity contribution in [2.45, 2.75) is 19.4 Å². The minimum absolute atomic E-state index is 0.0766. The predicted molar refractivity (Wildman–Crippen MR) is 77.3 cm³/mol. The second-order valence-corrected chi connectivity index (χ2v) is 5.25. The zero-order valence-electron chi connectivity index (χ0n) is 10.5.